The topological polar surface area (TPSA) is 111 Å². The van der Waals surface area contributed by atoms with Gasteiger partial charge in [-0.25, -0.2) is 23.5 Å². The van der Waals surface area contributed by atoms with E-state index < -0.39 is 28.3 Å². The van der Waals surface area contributed by atoms with Crippen LogP contribution in [0.3, 0.4) is 0 Å². The number of hydrogen-bond acceptors (Lipinski definition) is 8. The van der Waals surface area contributed by atoms with E-state index in [1.54, 1.807) is 25.7 Å². The number of amides is 1. The molecule has 1 amide bonds. The van der Waals surface area contributed by atoms with Crippen LogP contribution in [-0.4, -0.2) is 64.8 Å². The maximum Gasteiger partial charge on any atom is 0.410 e. The molecular weight excluding hydrogens is 488 g/mol. The minimum atomic E-state index is -0.852. The van der Waals surface area contributed by atoms with Gasteiger partial charge in [0.1, 0.15) is 34.8 Å². The highest BCUT2D eigenvalue weighted by atomic mass is 19.1. The molecule has 0 radical (unpaired) electrons. The molecule has 0 spiro atoms. The highest BCUT2D eigenvalue weighted by Gasteiger charge is 2.30. The number of carbonyl (C=O) groups excluding carboxylic acids is 1. The first kappa shape index (κ1) is 26.0. The molecule has 0 aliphatic carbocycles. The van der Waals surface area contributed by atoms with Crippen molar-refractivity contribution in [3.63, 3.8) is 0 Å². The monoisotopic (exact) mass is 515 g/mol. The number of fused-ring (bicyclic) bond motifs is 1. The van der Waals surface area contributed by atoms with Gasteiger partial charge in [0.25, 0.3) is 5.69 Å². The molecule has 2 heterocycles. The summed E-state index contributed by atoms with van der Waals surface area (Å²) in [5.74, 6) is -1.08. The van der Waals surface area contributed by atoms with Crippen molar-refractivity contribution in [2.75, 3.05) is 38.2 Å². The van der Waals surface area contributed by atoms with Crippen molar-refractivity contribution in [1.82, 2.24) is 14.9 Å². The van der Waals surface area contributed by atoms with Crippen molar-refractivity contribution in [3.8, 4) is 16.9 Å². The van der Waals surface area contributed by atoms with E-state index in [9.17, 15) is 19.3 Å². The standard InChI is InChI=1S/C25H27F2N5O5/c1-14-17(32(34)35)7-6-16(26)19(14)15-12-18(36-5)20-22(21(15)27)28-13-29-23(20)30-8-10-31(11-9-30)24(33)37-25(2,3)4/h6-7,12-13H,8-11H2,1-5H3. The van der Waals surface area contributed by atoms with E-state index in [0.717, 1.165) is 12.1 Å². The molecule has 12 heteroatoms. The molecule has 37 heavy (non-hydrogen) atoms. The number of halogens is 2. The van der Waals surface area contributed by atoms with Gasteiger partial charge in [0.15, 0.2) is 5.82 Å². The number of carbonyl (C=O) groups is 1. The van der Waals surface area contributed by atoms with Gasteiger partial charge in [0.05, 0.1) is 17.4 Å². The lowest BCUT2D eigenvalue weighted by Crippen LogP contribution is -2.50. The lowest BCUT2D eigenvalue weighted by molar-refractivity contribution is -0.385. The smallest absolute Gasteiger partial charge is 0.410 e. The number of anilines is 1. The van der Waals surface area contributed by atoms with Crippen molar-refractivity contribution in [3.05, 3.63) is 51.8 Å². The molecule has 1 aliphatic heterocycles. The Kier molecular flexibility index (Phi) is 6.85. The number of methoxy groups -OCH3 is 1. The average Bonchev–Trinajstić information content (AvgIpc) is 2.84. The fourth-order valence-electron chi connectivity index (χ4n) is 4.37. The predicted molar refractivity (Wildman–Crippen MR) is 133 cm³/mol. The third kappa shape index (κ3) is 4.95. The molecule has 4 rings (SSSR count). The molecule has 0 bridgehead atoms. The van der Waals surface area contributed by atoms with E-state index in [1.165, 1.54) is 26.4 Å². The molecule has 1 aromatic heterocycles. The first-order valence-corrected chi connectivity index (χ1v) is 11.6. The third-order valence-electron chi connectivity index (χ3n) is 6.10. The summed E-state index contributed by atoms with van der Waals surface area (Å²) in [5.41, 5.74) is -1.52. The van der Waals surface area contributed by atoms with E-state index in [-0.39, 0.29) is 39.0 Å². The van der Waals surface area contributed by atoms with Gasteiger partial charge in [0, 0.05) is 48.9 Å². The zero-order valence-electron chi connectivity index (χ0n) is 21.2. The van der Waals surface area contributed by atoms with Crippen LogP contribution in [0.4, 0.5) is 25.1 Å². The minimum Gasteiger partial charge on any atom is -0.496 e. The first-order chi connectivity index (χ1) is 17.4. The summed E-state index contributed by atoms with van der Waals surface area (Å²) < 4.78 is 41.7. The Balaban J connectivity index is 1.76. The largest absolute Gasteiger partial charge is 0.496 e. The molecule has 0 saturated carbocycles. The van der Waals surface area contributed by atoms with Crippen LogP contribution in [-0.2, 0) is 4.74 Å². The molecule has 1 fully saturated rings. The lowest BCUT2D eigenvalue weighted by atomic mass is 9.96. The summed E-state index contributed by atoms with van der Waals surface area (Å²) in [6.07, 6.45) is 0.781. The minimum absolute atomic E-state index is 0.0159. The van der Waals surface area contributed by atoms with Crippen molar-refractivity contribution >= 4 is 28.5 Å². The predicted octanol–water partition coefficient (Wildman–Crippen LogP) is 4.86. The SMILES string of the molecule is COc1cc(-c2c(F)ccc([N+](=O)[O-])c2C)c(F)c2ncnc(N3CCN(C(=O)OC(C)(C)C)CC3)c12. The summed E-state index contributed by atoms with van der Waals surface area (Å²) in [6.45, 7) is 8.27. The third-order valence-corrected chi connectivity index (χ3v) is 6.10. The second kappa shape index (κ2) is 9.75. The zero-order valence-corrected chi connectivity index (χ0v) is 21.2. The molecule has 10 nitrogen and oxygen atoms in total. The summed E-state index contributed by atoms with van der Waals surface area (Å²) in [7, 11) is 1.38. The zero-order chi connectivity index (χ0) is 27.1. The highest BCUT2D eigenvalue weighted by Crippen LogP contribution is 2.42. The van der Waals surface area contributed by atoms with Gasteiger partial charge in [0.2, 0.25) is 0 Å². The van der Waals surface area contributed by atoms with E-state index >= 15 is 4.39 Å². The first-order valence-electron chi connectivity index (χ1n) is 11.6. The Morgan fingerprint density at radius 2 is 1.81 bits per heavy atom. The van der Waals surface area contributed by atoms with Gasteiger partial charge in [-0.1, -0.05) is 0 Å². The fourth-order valence-corrected chi connectivity index (χ4v) is 4.37. The van der Waals surface area contributed by atoms with E-state index in [1.807, 2.05) is 4.90 Å². The van der Waals surface area contributed by atoms with Crippen molar-refractivity contribution in [2.45, 2.75) is 33.3 Å². The van der Waals surface area contributed by atoms with Crippen molar-refractivity contribution in [1.29, 1.82) is 0 Å². The fraction of sp³-hybridized carbons (Fsp3) is 0.400. The number of piperazine rings is 1. The number of rotatable bonds is 4. The Morgan fingerprint density at radius 1 is 1.14 bits per heavy atom. The number of aromatic nitrogens is 2. The second-order valence-corrected chi connectivity index (χ2v) is 9.64. The van der Waals surface area contributed by atoms with Crippen LogP contribution in [0.5, 0.6) is 5.75 Å². The Hall–Kier alpha value is -4.09. The number of benzene rings is 2. The molecule has 1 aliphatic rings. The van der Waals surface area contributed by atoms with Gasteiger partial charge in [-0.05, 0) is 39.8 Å². The summed E-state index contributed by atoms with van der Waals surface area (Å²) in [4.78, 5) is 35.1. The van der Waals surface area contributed by atoms with E-state index in [2.05, 4.69) is 9.97 Å². The van der Waals surface area contributed by atoms with Crippen LogP contribution in [0.15, 0.2) is 24.5 Å². The molecule has 0 unspecified atom stereocenters. The Morgan fingerprint density at radius 3 is 2.41 bits per heavy atom. The second-order valence-electron chi connectivity index (χ2n) is 9.64. The van der Waals surface area contributed by atoms with Crippen LogP contribution in [0, 0.1) is 28.7 Å². The quantitative estimate of drug-likeness (QED) is 0.358. The lowest BCUT2D eigenvalue weighted by Gasteiger charge is -2.36. The average molecular weight is 516 g/mol. The van der Waals surface area contributed by atoms with Gasteiger partial charge in [-0.15, -0.1) is 0 Å². The number of ether oxygens (including phenoxy) is 2. The number of nitro groups is 1. The Bertz CT molecular complexity index is 1380. The van der Waals surface area contributed by atoms with Crippen molar-refractivity contribution < 1.29 is 28.0 Å². The highest BCUT2D eigenvalue weighted by molar-refractivity contribution is 5.99. The maximum atomic E-state index is 15.9. The van der Waals surface area contributed by atoms with Gasteiger partial charge < -0.3 is 19.3 Å². The molecule has 196 valence electrons. The maximum absolute atomic E-state index is 15.9. The summed E-state index contributed by atoms with van der Waals surface area (Å²) in [5, 5.41) is 11.7. The van der Waals surface area contributed by atoms with Gasteiger partial charge >= 0.3 is 6.09 Å². The normalized spacial score (nSPS) is 14.1. The van der Waals surface area contributed by atoms with Crippen molar-refractivity contribution in [2.24, 2.45) is 0 Å². The number of nitrogens with zero attached hydrogens (tertiary/aromatic N) is 5. The molecule has 1 saturated heterocycles. The number of hydrogen-bond donors (Lipinski definition) is 0. The molecule has 3 aromatic rings. The summed E-state index contributed by atoms with van der Waals surface area (Å²) >= 11 is 0. The molecular formula is C25H27F2N5O5. The van der Waals surface area contributed by atoms with Crippen LogP contribution in [0.2, 0.25) is 0 Å². The van der Waals surface area contributed by atoms with Crippen LogP contribution >= 0.6 is 0 Å². The van der Waals surface area contributed by atoms with Gasteiger partial charge in [-0.3, -0.25) is 10.1 Å². The van der Waals surface area contributed by atoms with Crippen LogP contribution < -0.4 is 9.64 Å². The molecule has 2 aromatic carbocycles. The van der Waals surface area contributed by atoms with Crippen LogP contribution in [0.1, 0.15) is 26.3 Å². The van der Waals surface area contributed by atoms with Crippen LogP contribution in [0.25, 0.3) is 22.0 Å². The van der Waals surface area contributed by atoms with E-state index in [4.69, 9.17) is 9.47 Å². The van der Waals surface area contributed by atoms with E-state index in [0.29, 0.717) is 32.0 Å². The number of nitro benzene ring substituents is 1. The Labute approximate surface area is 212 Å². The van der Waals surface area contributed by atoms with Gasteiger partial charge in [-0.2, -0.15) is 0 Å². The molecule has 0 N–H and O–H groups in total. The summed E-state index contributed by atoms with van der Waals surface area (Å²) in [6, 6.07) is 3.28. The molecule has 0 atom stereocenters.